The number of ether oxygens (including phenoxy) is 2. The van der Waals surface area contributed by atoms with Crippen LogP contribution in [0.3, 0.4) is 0 Å². The van der Waals surface area contributed by atoms with Crippen molar-refractivity contribution >= 4 is 27.1 Å². The van der Waals surface area contributed by atoms with E-state index in [4.69, 9.17) is 9.47 Å². The van der Waals surface area contributed by atoms with Gasteiger partial charge in [-0.3, -0.25) is 4.79 Å². The molecule has 0 aliphatic carbocycles. The lowest BCUT2D eigenvalue weighted by molar-refractivity contribution is 0.415. The topological polar surface area (TPSA) is 52.8 Å². The van der Waals surface area contributed by atoms with Gasteiger partial charge < -0.3 is 9.47 Å². The average Bonchev–Trinajstić information content (AvgIpc) is 2.73. The molecule has 5 heteroatoms. The van der Waals surface area contributed by atoms with Crippen LogP contribution in [0.1, 0.15) is 5.69 Å². The summed E-state index contributed by atoms with van der Waals surface area (Å²) < 4.78 is 12.3. The standard InChI is InChI=1S/C23H18N2O3/c1-13-16-10-11-20(28-3)18-9-8-17-19(14-4-6-15(27-2)7-5-14)12-21(26)25(24-13)23(17)22(16)18/h4-12H,1-3H3. The van der Waals surface area contributed by atoms with Crippen molar-refractivity contribution in [3.8, 4) is 22.6 Å². The Labute approximate surface area is 161 Å². The van der Waals surface area contributed by atoms with Gasteiger partial charge in [0.1, 0.15) is 11.5 Å². The van der Waals surface area contributed by atoms with E-state index in [0.29, 0.717) is 0 Å². The van der Waals surface area contributed by atoms with Crippen molar-refractivity contribution in [2.45, 2.75) is 6.92 Å². The quantitative estimate of drug-likeness (QED) is 0.441. The summed E-state index contributed by atoms with van der Waals surface area (Å²) in [5.41, 5.74) is 3.31. The van der Waals surface area contributed by atoms with Gasteiger partial charge >= 0.3 is 0 Å². The molecule has 28 heavy (non-hydrogen) atoms. The maximum Gasteiger partial charge on any atom is 0.272 e. The molecule has 138 valence electrons. The number of nitrogens with zero attached hydrogens (tertiary/aromatic N) is 2. The molecule has 0 aliphatic rings. The smallest absolute Gasteiger partial charge is 0.272 e. The Morgan fingerprint density at radius 1 is 0.857 bits per heavy atom. The molecule has 0 saturated heterocycles. The van der Waals surface area contributed by atoms with E-state index in [-0.39, 0.29) is 5.56 Å². The van der Waals surface area contributed by atoms with Crippen LogP contribution in [0.4, 0.5) is 0 Å². The van der Waals surface area contributed by atoms with Gasteiger partial charge in [-0.25, -0.2) is 0 Å². The third-order valence-electron chi connectivity index (χ3n) is 5.35. The minimum atomic E-state index is -0.154. The van der Waals surface area contributed by atoms with Crippen molar-refractivity contribution in [1.29, 1.82) is 0 Å². The lowest BCUT2D eigenvalue weighted by Gasteiger charge is -2.16. The highest BCUT2D eigenvalue weighted by atomic mass is 16.5. The predicted octanol–water partition coefficient (Wildman–Crippen LogP) is 4.43. The van der Waals surface area contributed by atoms with Crippen LogP contribution in [-0.4, -0.2) is 23.8 Å². The molecule has 2 aromatic heterocycles. The van der Waals surface area contributed by atoms with Crippen molar-refractivity contribution < 1.29 is 9.47 Å². The summed E-state index contributed by atoms with van der Waals surface area (Å²) >= 11 is 0. The Hall–Kier alpha value is -3.60. The third kappa shape index (κ3) is 2.19. The van der Waals surface area contributed by atoms with Crippen molar-refractivity contribution in [3.05, 3.63) is 70.6 Å². The molecule has 2 heterocycles. The Bertz CT molecular complexity index is 1400. The van der Waals surface area contributed by atoms with Crippen LogP contribution in [0.2, 0.25) is 0 Å². The molecule has 5 aromatic rings. The lowest BCUT2D eigenvalue weighted by atomic mass is 9.95. The first-order chi connectivity index (χ1) is 13.6. The summed E-state index contributed by atoms with van der Waals surface area (Å²) in [4.78, 5) is 13.0. The second kappa shape index (κ2) is 5.96. The van der Waals surface area contributed by atoms with E-state index in [1.807, 2.05) is 49.4 Å². The monoisotopic (exact) mass is 370 g/mol. The van der Waals surface area contributed by atoms with Crippen molar-refractivity contribution in [2.24, 2.45) is 0 Å². The fourth-order valence-corrected chi connectivity index (χ4v) is 4.00. The normalized spacial score (nSPS) is 11.5. The first-order valence-corrected chi connectivity index (χ1v) is 9.02. The van der Waals surface area contributed by atoms with Gasteiger partial charge in [0.2, 0.25) is 0 Å². The molecule has 0 unspecified atom stereocenters. The van der Waals surface area contributed by atoms with Gasteiger partial charge in [0.25, 0.3) is 5.56 Å². The van der Waals surface area contributed by atoms with E-state index >= 15 is 0 Å². The molecular weight excluding hydrogens is 352 g/mol. The Kier molecular flexibility index (Phi) is 3.52. The third-order valence-corrected chi connectivity index (χ3v) is 5.35. The van der Waals surface area contributed by atoms with Crippen molar-refractivity contribution in [3.63, 3.8) is 0 Å². The van der Waals surface area contributed by atoms with Gasteiger partial charge in [0.15, 0.2) is 0 Å². The van der Waals surface area contributed by atoms with Crippen LogP contribution in [0, 0.1) is 6.92 Å². The molecular formula is C23H18N2O3. The summed E-state index contributed by atoms with van der Waals surface area (Å²) in [5, 5.41) is 8.53. The van der Waals surface area contributed by atoms with Gasteiger partial charge in [-0.05, 0) is 48.4 Å². The van der Waals surface area contributed by atoms with E-state index < -0.39 is 0 Å². The van der Waals surface area contributed by atoms with Gasteiger partial charge in [0.05, 0.1) is 25.4 Å². The van der Waals surface area contributed by atoms with Gasteiger partial charge in [-0.2, -0.15) is 9.61 Å². The summed E-state index contributed by atoms with van der Waals surface area (Å²) in [7, 11) is 3.30. The zero-order valence-corrected chi connectivity index (χ0v) is 15.8. The van der Waals surface area contributed by atoms with Crippen LogP contribution in [0.25, 0.3) is 38.2 Å². The molecule has 3 aromatic carbocycles. The van der Waals surface area contributed by atoms with Crippen molar-refractivity contribution in [1.82, 2.24) is 9.61 Å². The lowest BCUT2D eigenvalue weighted by Crippen LogP contribution is -2.17. The maximum absolute atomic E-state index is 13.0. The van der Waals surface area contributed by atoms with E-state index in [2.05, 4.69) is 11.2 Å². The van der Waals surface area contributed by atoms with Gasteiger partial charge in [-0.15, -0.1) is 0 Å². The number of aryl methyl sites for hydroxylation is 1. The van der Waals surface area contributed by atoms with Crippen LogP contribution in [0.5, 0.6) is 11.5 Å². The highest BCUT2D eigenvalue weighted by Gasteiger charge is 2.18. The van der Waals surface area contributed by atoms with Crippen LogP contribution < -0.4 is 15.0 Å². The van der Waals surface area contributed by atoms with Crippen molar-refractivity contribution in [2.75, 3.05) is 14.2 Å². The number of benzene rings is 3. The summed E-state index contributed by atoms with van der Waals surface area (Å²) in [6.07, 6.45) is 0. The van der Waals surface area contributed by atoms with Gasteiger partial charge in [-0.1, -0.05) is 18.2 Å². The van der Waals surface area contributed by atoms with E-state index in [1.165, 1.54) is 4.52 Å². The number of pyridine rings is 1. The molecule has 0 fully saturated rings. The molecule has 0 saturated carbocycles. The zero-order valence-electron chi connectivity index (χ0n) is 15.8. The highest BCUT2D eigenvalue weighted by Crippen LogP contribution is 2.39. The molecule has 0 atom stereocenters. The second-order valence-electron chi connectivity index (χ2n) is 6.82. The fourth-order valence-electron chi connectivity index (χ4n) is 4.00. The highest BCUT2D eigenvalue weighted by molar-refractivity contribution is 6.19. The van der Waals surface area contributed by atoms with Crippen LogP contribution in [0.15, 0.2) is 59.4 Å². The largest absolute Gasteiger partial charge is 0.497 e. The van der Waals surface area contributed by atoms with Crippen LogP contribution in [-0.2, 0) is 0 Å². The molecule has 5 rings (SSSR count). The first-order valence-electron chi connectivity index (χ1n) is 9.02. The molecule has 0 N–H and O–H groups in total. The minimum Gasteiger partial charge on any atom is -0.497 e. The van der Waals surface area contributed by atoms with E-state index in [0.717, 1.165) is 55.4 Å². The van der Waals surface area contributed by atoms with Gasteiger partial charge in [0, 0.05) is 27.6 Å². The molecule has 0 amide bonds. The average molecular weight is 370 g/mol. The molecule has 0 bridgehead atoms. The Morgan fingerprint density at radius 3 is 2.29 bits per heavy atom. The second-order valence-corrected chi connectivity index (χ2v) is 6.82. The summed E-state index contributed by atoms with van der Waals surface area (Å²) in [6.45, 7) is 1.92. The Balaban J connectivity index is 1.97. The Morgan fingerprint density at radius 2 is 1.57 bits per heavy atom. The first kappa shape index (κ1) is 16.6. The maximum atomic E-state index is 13.0. The number of aromatic nitrogens is 2. The summed E-state index contributed by atoms with van der Waals surface area (Å²) in [5.74, 6) is 1.56. The summed E-state index contributed by atoms with van der Waals surface area (Å²) in [6, 6.07) is 17.4. The number of hydrogen-bond acceptors (Lipinski definition) is 4. The molecule has 5 nitrogen and oxygen atoms in total. The number of methoxy groups -OCH3 is 2. The zero-order chi connectivity index (χ0) is 19.4. The minimum absolute atomic E-state index is 0.154. The fraction of sp³-hybridized carbons (Fsp3) is 0.130. The van der Waals surface area contributed by atoms with E-state index in [1.54, 1.807) is 20.3 Å². The predicted molar refractivity (Wildman–Crippen MR) is 111 cm³/mol. The van der Waals surface area contributed by atoms with E-state index in [9.17, 15) is 4.79 Å². The van der Waals surface area contributed by atoms with Crippen LogP contribution >= 0.6 is 0 Å². The molecule has 0 radical (unpaired) electrons. The molecule has 0 aliphatic heterocycles. The number of rotatable bonds is 3. The number of hydrogen-bond donors (Lipinski definition) is 0. The molecule has 0 spiro atoms. The SMILES string of the molecule is COc1ccc(-c2cc(=O)n3nc(C)c4ccc(OC)c5ccc2c3c54)cc1.